The van der Waals surface area contributed by atoms with Gasteiger partial charge < -0.3 is 19.5 Å². The van der Waals surface area contributed by atoms with Crippen LogP contribution in [0.2, 0.25) is 0 Å². The zero-order chi connectivity index (χ0) is 18.2. The zero-order valence-corrected chi connectivity index (χ0v) is 15.2. The van der Waals surface area contributed by atoms with Crippen LogP contribution in [0.1, 0.15) is 18.1 Å². The van der Waals surface area contributed by atoms with E-state index in [1.165, 1.54) is 0 Å². The van der Waals surface area contributed by atoms with Crippen LogP contribution in [0.3, 0.4) is 0 Å². The van der Waals surface area contributed by atoms with Gasteiger partial charge >= 0.3 is 0 Å². The molecule has 0 aliphatic carbocycles. The monoisotopic (exact) mass is 343 g/mol. The third kappa shape index (κ3) is 5.71. The molecule has 0 saturated carbocycles. The molecule has 2 aromatic rings. The summed E-state index contributed by atoms with van der Waals surface area (Å²) in [6.45, 7) is 6.48. The normalized spacial score (nSPS) is 11.5. The predicted octanol–water partition coefficient (Wildman–Crippen LogP) is 3.27. The van der Waals surface area contributed by atoms with E-state index < -0.39 is 6.10 Å². The second-order valence-corrected chi connectivity index (χ2v) is 5.84. The van der Waals surface area contributed by atoms with Gasteiger partial charge in [-0.1, -0.05) is 12.1 Å². The van der Waals surface area contributed by atoms with Gasteiger partial charge in [0.25, 0.3) is 5.91 Å². The molecule has 0 aliphatic rings. The average Bonchev–Trinajstić information content (AvgIpc) is 2.62. The Balaban J connectivity index is 1.74. The second-order valence-electron chi connectivity index (χ2n) is 5.84. The Labute approximate surface area is 148 Å². The Morgan fingerprint density at radius 3 is 2.44 bits per heavy atom. The van der Waals surface area contributed by atoms with E-state index in [0.29, 0.717) is 13.2 Å². The molecule has 0 saturated heterocycles. The van der Waals surface area contributed by atoms with Crippen molar-refractivity contribution >= 4 is 5.91 Å². The van der Waals surface area contributed by atoms with Gasteiger partial charge in [-0.15, -0.1) is 0 Å². The average molecular weight is 343 g/mol. The van der Waals surface area contributed by atoms with Crippen molar-refractivity contribution in [2.75, 3.05) is 20.3 Å². The Morgan fingerprint density at radius 2 is 1.76 bits per heavy atom. The molecule has 0 spiro atoms. The van der Waals surface area contributed by atoms with Gasteiger partial charge in [-0.25, -0.2) is 0 Å². The van der Waals surface area contributed by atoms with Gasteiger partial charge in [-0.3, -0.25) is 4.79 Å². The summed E-state index contributed by atoms with van der Waals surface area (Å²) in [7, 11) is 1.62. The third-order valence-corrected chi connectivity index (χ3v) is 3.75. The van der Waals surface area contributed by atoms with E-state index in [9.17, 15) is 4.79 Å². The maximum absolute atomic E-state index is 12.1. The van der Waals surface area contributed by atoms with Crippen LogP contribution in [-0.2, 0) is 4.79 Å². The molecule has 5 nitrogen and oxygen atoms in total. The van der Waals surface area contributed by atoms with E-state index in [0.717, 1.165) is 28.4 Å². The van der Waals surface area contributed by atoms with Crippen LogP contribution >= 0.6 is 0 Å². The minimum Gasteiger partial charge on any atom is -0.497 e. The van der Waals surface area contributed by atoms with Gasteiger partial charge in [0.1, 0.15) is 23.9 Å². The van der Waals surface area contributed by atoms with Gasteiger partial charge in [0.2, 0.25) is 0 Å². The van der Waals surface area contributed by atoms with E-state index in [1.54, 1.807) is 14.0 Å². The molecule has 0 fully saturated rings. The minimum atomic E-state index is -0.568. The molecule has 1 atom stereocenters. The quantitative estimate of drug-likeness (QED) is 0.748. The summed E-state index contributed by atoms with van der Waals surface area (Å²) < 4.78 is 16.4. The van der Waals surface area contributed by atoms with Crippen LogP contribution in [0.15, 0.2) is 42.5 Å². The van der Waals surface area contributed by atoms with Crippen molar-refractivity contribution in [2.45, 2.75) is 26.9 Å². The van der Waals surface area contributed by atoms with Crippen LogP contribution in [0.25, 0.3) is 0 Å². The lowest BCUT2D eigenvalue weighted by Gasteiger charge is -2.17. The van der Waals surface area contributed by atoms with E-state index >= 15 is 0 Å². The molecule has 0 aliphatic heterocycles. The molecule has 134 valence electrons. The molecular weight excluding hydrogens is 318 g/mol. The van der Waals surface area contributed by atoms with Gasteiger partial charge in [0.15, 0.2) is 6.10 Å². The standard InChI is InChI=1S/C20H25NO4/c1-14-5-6-15(2)19(13-14)25-16(3)20(22)21-11-12-24-18-9-7-17(23-4)8-10-18/h5-10,13,16H,11-12H2,1-4H3,(H,21,22)/t16-/m1/s1. The lowest BCUT2D eigenvalue weighted by atomic mass is 10.1. The first-order valence-corrected chi connectivity index (χ1v) is 8.28. The number of benzene rings is 2. The van der Waals surface area contributed by atoms with Crippen LogP contribution < -0.4 is 19.5 Å². The van der Waals surface area contributed by atoms with Crippen molar-refractivity contribution in [3.8, 4) is 17.2 Å². The summed E-state index contributed by atoms with van der Waals surface area (Å²) >= 11 is 0. The first kappa shape index (κ1) is 18.6. The fourth-order valence-corrected chi connectivity index (χ4v) is 2.24. The number of amides is 1. The van der Waals surface area contributed by atoms with Crippen LogP contribution in [0.5, 0.6) is 17.2 Å². The molecule has 2 rings (SSSR count). The third-order valence-electron chi connectivity index (χ3n) is 3.75. The fraction of sp³-hybridized carbons (Fsp3) is 0.350. The molecule has 1 amide bonds. The number of methoxy groups -OCH3 is 1. The van der Waals surface area contributed by atoms with Gasteiger partial charge in [0, 0.05) is 0 Å². The minimum absolute atomic E-state index is 0.167. The van der Waals surface area contributed by atoms with Crippen LogP contribution in [-0.4, -0.2) is 32.3 Å². The van der Waals surface area contributed by atoms with E-state index in [1.807, 2.05) is 56.3 Å². The van der Waals surface area contributed by atoms with E-state index in [4.69, 9.17) is 14.2 Å². The smallest absolute Gasteiger partial charge is 0.260 e. The fourth-order valence-electron chi connectivity index (χ4n) is 2.24. The maximum atomic E-state index is 12.1. The molecule has 0 radical (unpaired) electrons. The molecule has 0 unspecified atom stereocenters. The van der Waals surface area contributed by atoms with Crippen molar-refractivity contribution in [1.82, 2.24) is 5.32 Å². The van der Waals surface area contributed by atoms with Crippen LogP contribution in [0.4, 0.5) is 0 Å². The summed E-state index contributed by atoms with van der Waals surface area (Å²) in [6, 6.07) is 13.2. The van der Waals surface area contributed by atoms with Crippen molar-refractivity contribution in [3.05, 3.63) is 53.6 Å². The lowest BCUT2D eigenvalue weighted by molar-refractivity contribution is -0.127. The van der Waals surface area contributed by atoms with E-state index in [2.05, 4.69) is 5.32 Å². The Morgan fingerprint density at radius 1 is 1.08 bits per heavy atom. The van der Waals surface area contributed by atoms with Crippen LogP contribution in [0, 0.1) is 13.8 Å². The lowest BCUT2D eigenvalue weighted by Crippen LogP contribution is -2.38. The summed E-state index contributed by atoms with van der Waals surface area (Å²) in [5, 5.41) is 2.82. The molecule has 2 aromatic carbocycles. The number of hydrogen-bond acceptors (Lipinski definition) is 4. The highest BCUT2D eigenvalue weighted by molar-refractivity contribution is 5.80. The number of hydrogen-bond donors (Lipinski definition) is 1. The summed E-state index contributed by atoms with van der Waals surface area (Å²) in [5.74, 6) is 2.07. The first-order chi connectivity index (χ1) is 12.0. The summed E-state index contributed by atoms with van der Waals surface area (Å²) in [6.07, 6.45) is -0.568. The second kappa shape index (κ2) is 8.97. The maximum Gasteiger partial charge on any atom is 0.260 e. The Kier molecular flexibility index (Phi) is 6.69. The topological polar surface area (TPSA) is 56.8 Å². The predicted molar refractivity (Wildman–Crippen MR) is 97.5 cm³/mol. The Hall–Kier alpha value is -2.69. The number of nitrogens with one attached hydrogen (secondary N) is 1. The van der Waals surface area contributed by atoms with E-state index in [-0.39, 0.29) is 5.91 Å². The molecule has 0 aromatic heterocycles. The van der Waals surface area contributed by atoms with Crippen molar-refractivity contribution < 1.29 is 19.0 Å². The summed E-state index contributed by atoms with van der Waals surface area (Å²) in [5.41, 5.74) is 2.11. The van der Waals surface area contributed by atoms with Gasteiger partial charge in [0.05, 0.1) is 13.7 Å². The number of rotatable bonds is 8. The number of carbonyl (C=O) groups excluding carboxylic acids is 1. The largest absolute Gasteiger partial charge is 0.497 e. The number of aryl methyl sites for hydroxylation is 2. The molecule has 0 heterocycles. The molecule has 0 bridgehead atoms. The van der Waals surface area contributed by atoms with Gasteiger partial charge in [-0.2, -0.15) is 0 Å². The molecular formula is C20H25NO4. The SMILES string of the molecule is COc1ccc(OCCNC(=O)[C@@H](C)Oc2cc(C)ccc2C)cc1. The Bertz CT molecular complexity index is 697. The molecule has 25 heavy (non-hydrogen) atoms. The van der Waals surface area contributed by atoms with Crippen molar-refractivity contribution in [1.29, 1.82) is 0 Å². The number of ether oxygens (including phenoxy) is 3. The molecule has 5 heteroatoms. The summed E-state index contributed by atoms with van der Waals surface area (Å²) in [4.78, 5) is 12.1. The van der Waals surface area contributed by atoms with Gasteiger partial charge in [-0.05, 0) is 62.2 Å². The number of carbonyl (C=O) groups is 1. The highest BCUT2D eigenvalue weighted by Crippen LogP contribution is 2.20. The first-order valence-electron chi connectivity index (χ1n) is 8.28. The van der Waals surface area contributed by atoms with Crippen molar-refractivity contribution in [2.24, 2.45) is 0 Å². The zero-order valence-electron chi connectivity index (χ0n) is 15.2. The highest BCUT2D eigenvalue weighted by Gasteiger charge is 2.15. The highest BCUT2D eigenvalue weighted by atomic mass is 16.5. The van der Waals surface area contributed by atoms with Crippen molar-refractivity contribution in [3.63, 3.8) is 0 Å². The molecule has 1 N–H and O–H groups in total.